The van der Waals surface area contributed by atoms with Crippen LogP contribution in [0, 0.1) is 0 Å². The molecule has 1 aromatic heterocycles. The van der Waals surface area contributed by atoms with Crippen molar-refractivity contribution in [2.75, 3.05) is 4.90 Å². The van der Waals surface area contributed by atoms with Crippen molar-refractivity contribution >= 4 is 72.7 Å². The first-order valence-corrected chi connectivity index (χ1v) is 25.8. The molecule has 0 bridgehead atoms. The van der Waals surface area contributed by atoms with Crippen LogP contribution in [0.5, 0.6) is 0 Å². The van der Waals surface area contributed by atoms with Gasteiger partial charge in [0.05, 0.1) is 27.8 Å². The number of fused-ring (bicyclic) bond motifs is 9. The van der Waals surface area contributed by atoms with Crippen molar-refractivity contribution in [3.8, 4) is 39.1 Å². The fraction of sp³-hybridized carbons (Fsp3) is 0.0141. The second-order valence-corrected chi connectivity index (χ2v) is 19.9. The number of nitrogens with zero attached hydrogens (tertiary/aromatic N) is 2. The van der Waals surface area contributed by atoms with Gasteiger partial charge in [0.25, 0.3) is 0 Å². The third-order valence-corrected chi connectivity index (χ3v) is 16.1. The Labute approximate surface area is 431 Å². The van der Waals surface area contributed by atoms with Crippen molar-refractivity contribution in [3.63, 3.8) is 0 Å². The molecule has 2 aliphatic heterocycles. The average molecular weight is 939 g/mol. The van der Waals surface area contributed by atoms with Crippen molar-refractivity contribution < 1.29 is 0 Å². The number of anilines is 3. The van der Waals surface area contributed by atoms with E-state index in [1.165, 1.54) is 99.1 Å². The zero-order chi connectivity index (χ0) is 48.7. The highest BCUT2D eigenvalue weighted by Crippen LogP contribution is 2.58. The topological polar surface area (TPSA) is 8.17 Å². The van der Waals surface area contributed by atoms with Crippen LogP contribution in [0.3, 0.4) is 0 Å². The lowest BCUT2D eigenvalue weighted by Gasteiger charge is -2.46. The molecule has 3 heterocycles. The Kier molecular flexibility index (Phi) is 9.62. The Morgan fingerprint density at radius 3 is 1.57 bits per heavy atom. The van der Waals surface area contributed by atoms with Gasteiger partial charge < -0.3 is 9.47 Å². The van der Waals surface area contributed by atoms with Crippen LogP contribution >= 0.6 is 0 Å². The Morgan fingerprint density at radius 2 is 0.892 bits per heavy atom. The Morgan fingerprint density at radius 1 is 0.324 bits per heavy atom. The number of para-hydroxylation sites is 3. The second kappa shape index (κ2) is 16.8. The first-order chi connectivity index (χ1) is 36.8. The summed E-state index contributed by atoms with van der Waals surface area (Å²) in [5, 5.41) is 4.97. The van der Waals surface area contributed by atoms with Gasteiger partial charge in [-0.25, -0.2) is 0 Å². The zero-order valence-electron chi connectivity index (χ0n) is 40.6. The molecule has 13 aromatic rings. The molecular formula is C71H47BN2. The van der Waals surface area contributed by atoms with Gasteiger partial charge in [-0.15, -0.1) is 0 Å². The summed E-state index contributed by atoms with van der Waals surface area (Å²) >= 11 is 0. The summed E-state index contributed by atoms with van der Waals surface area (Å²) in [6.07, 6.45) is 0. The van der Waals surface area contributed by atoms with E-state index in [4.69, 9.17) is 0 Å². The van der Waals surface area contributed by atoms with Crippen LogP contribution in [0.15, 0.2) is 285 Å². The summed E-state index contributed by atoms with van der Waals surface area (Å²) in [5.74, 6) is 0. The first kappa shape index (κ1) is 42.3. The number of aromatic nitrogens is 1. The molecule has 0 saturated heterocycles. The van der Waals surface area contributed by atoms with Crippen molar-refractivity contribution in [1.82, 2.24) is 4.57 Å². The number of rotatable bonds is 7. The first-order valence-electron chi connectivity index (χ1n) is 25.8. The van der Waals surface area contributed by atoms with Gasteiger partial charge in [-0.1, -0.05) is 253 Å². The van der Waals surface area contributed by atoms with Gasteiger partial charge in [-0.2, -0.15) is 0 Å². The third kappa shape index (κ3) is 6.20. The van der Waals surface area contributed by atoms with E-state index in [0.29, 0.717) is 0 Å². The van der Waals surface area contributed by atoms with Crippen molar-refractivity contribution in [1.29, 1.82) is 0 Å². The Bertz CT molecular complexity index is 4210. The van der Waals surface area contributed by atoms with Gasteiger partial charge in [0.2, 0.25) is 6.71 Å². The van der Waals surface area contributed by atoms with E-state index >= 15 is 0 Å². The maximum Gasteiger partial charge on any atom is 0.244 e. The fourth-order valence-corrected chi connectivity index (χ4v) is 13.2. The van der Waals surface area contributed by atoms with Crippen molar-refractivity contribution in [3.05, 3.63) is 307 Å². The fourth-order valence-electron chi connectivity index (χ4n) is 13.2. The van der Waals surface area contributed by atoms with Gasteiger partial charge in [-0.05, 0) is 115 Å². The monoisotopic (exact) mass is 938 g/mol. The molecular weight excluding hydrogens is 892 g/mol. The summed E-state index contributed by atoms with van der Waals surface area (Å²) in [6.45, 7) is -0.0362. The minimum absolute atomic E-state index is 0.0362. The van der Waals surface area contributed by atoms with Crippen LogP contribution in [-0.2, 0) is 5.41 Å². The smallest absolute Gasteiger partial charge is 0.244 e. The van der Waals surface area contributed by atoms with E-state index in [-0.39, 0.29) is 6.71 Å². The van der Waals surface area contributed by atoms with Gasteiger partial charge in [0.1, 0.15) is 0 Å². The van der Waals surface area contributed by atoms with Crippen LogP contribution in [0.4, 0.5) is 17.1 Å². The molecule has 74 heavy (non-hydrogen) atoms. The van der Waals surface area contributed by atoms with Crippen LogP contribution in [-0.4, -0.2) is 11.3 Å². The lowest BCUT2D eigenvalue weighted by Crippen LogP contribution is -2.50. The normalized spacial score (nSPS) is 13.2. The van der Waals surface area contributed by atoms with Gasteiger partial charge in [0.15, 0.2) is 0 Å². The molecule has 0 N–H and O–H groups in total. The Balaban J connectivity index is 0.983. The minimum atomic E-state index is -0.545. The lowest BCUT2D eigenvalue weighted by atomic mass is 9.37. The zero-order valence-corrected chi connectivity index (χ0v) is 40.6. The van der Waals surface area contributed by atoms with E-state index in [9.17, 15) is 0 Å². The molecule has 2 nitrogen and oxygen atoms in total. The predicted octanol–water partition coefficient (Wildman–Crippen LogP) is 15.9. The maximum absolute atomic E-state index is 2.52. The van der Waals surface area contributed by atoms with E-state index in [0.717, 1.165) is 28.3 Å². The van der Waals surface area contributed by atoms with Gasteiger partial charge >= 0.3 is 0 Å². The van der Waals surface area contributed by atoms with Crippen LogP contribution in [0.1, 0.15) is 22.3 Å². The van der Waals surface area contributed by atoms with Crippen LogP contribution in [0.25, 0.3) is 71.6 Å². The second-order valence-electron chi connectivity index (χ2n) is 19.9. The highest BCUT2D eigenvalue weighted by atomic mass is 15.2. The summed E-state index contributed by atoms with van der Waals surface area (Å²) < 4.78 is 2.48. The molecule has 2 aliphatic rings. The van der Waals surface area contributed by atoms with Gasteiger partial charge in [0, 0.05) is 22.1 Å². The lowest BCUT2D eigenvalue weighted by molar-refractivity contribution is 0.731. The Hall–Kier alpha value is -9.44. The van der Waals surface area contributed by atoms with E-state index in [1.54, 1.807) is 0 Å². The molecule has 12 aromatic carbocycles. The largest absolute Gasteiger partial charge is 0.310 e. The highest BCUT2D eigenvalue weighted by Gasteiger charge is 2.46. The van der Waals surface area contributed by atoms with Crippen LogP contribution in [0.2, 0.25) is 0 Å². The summed E-state index contributed by atoms with van der Waals surface area (Å²) in [6, 6.07) is 106. The number of hydrogen-bond acceptors (Lipinski definition) is 1. The highest BCUT2D eigenvalue weighted by molar-refractivity contribution is 7.01. The maximum atomic E-state index is 2.52. The van der Waals surface area contributed by atoms with E-state index < -0.39 is 5.41 Å². The minimum Gasteiger partial charge on any atom is -0.310 e. The third-order valence-electron chi connectivity index (χ3n) is 16.1. The molecule has 0 unspecified atom stereocenters. The average Bonchev–Trinajstić information content (AvgIpc) is 4.01. The molecule has 0 amide bonds. The molecule has 344 valence electrons. The molecule has 0 atom stereocenters. The predicted molar refractivity (Wildman–Crippen MR) is 312 cm³/mol. The molecule has 0 spiro atoms. The SMILES string of the molecule is c1ccc(-c2cccc3c2B(c2ccc4c(c2)c2ccc(N5c6ccccc6C(c6ccccc6)(c6ccccc6)c6ccccc65)cc2n4-c2ccccc2)c2c-3cc3ccccc3c2-c2ccccc2)cc1. The van der Waals surface area contributed by atoms with Crippen LogP contribution < -0.4 is 21.3 Å². The summed E-state index contributed by atoms with van der Waals surface area (Å²) in [4.78, 5) is 2.50. The molecule has 0 saturated carbocycles. The molecule has 0 fully saturated rings. The molecule has 0 aliphatic carbocycles. The van der Waals surface area contributed by atoms with Gasteiger partial charge in [-0.3, -0.25) is 0 Å². The summed E-state index contributed by atoms with van der Waals surface area (Å²) in [7, 11) is 0. The van der Waals surface area contributed by atoms with E-state index in [1.807, 2.05) is 0 Å². The van der Waals surface area contributed by atoms with E-state index in [2.05, 4.69) is 295 Å². The van der Waals surface area contributed by atoms with Crippen molar-refractivity contribution in [2.24, 2.45) is 0 Å². The quantitative estimate of drug-likeness (QED) is 0.145. The molecule has 15 rings (SSSR count). The summed E-state index contributed by atoms with van der Waals surface area (Å²) in [5.41, 5.74) is 23.0. The number of hydrogen-bond donors (Lipinski definition) is 0. The molecule has 0 radical (unpaired) electrons. The van der Waals surface area contributed by atoms with Crippen molar-refractivity contribution in [2.45, 2.75) is 5.41 Å². The standard InChI is InChI=1S/C71H47BN2/c1-6-23-48(24-7-1)57-35-22-36-59-61-45-50-27-16-17-34-56(50)68(49-25-8-2-9-26-49)70(61)72(69(57)59)53-41-44-64-60(46-53)58-43-42-55(47-67(58)73(64)54-32-14-5-15-33-54)74-65-39-20-18-37-62(65)71(51-28-10-3-11-29-51,52-30-12-4-13-31-52)63-38-19-21-40-66(63)74/h1-47H. The number of benzene rings is 12. The molecule has 3 heteroatoms.